The topological polar surface area (TPSA) is 38.0 Å². The highest BCUT2D eigenvalue weighted by molar-refractivity contribution is 7.07. The van der Waals surface area contributed by atoms with Crippen molar-refractivity contribution in [2.75, 3.05) is 0 Å². The summed E-state index contributed by atoms with van der Waals surface area (Å²) in [5.74, 6) is 8.51. The monoisotopic (exact) mass is 208 g/mol. The maximum absolute atomic E-state index is 5.66. The van der Waals surface area contributed by atoms with Gasteiger partial charge >= 0.3 is 0 Å². The van der Waals surface area contributed by atoms with Gasteiger partial charge in [0.15, 0.2) is 0 Å². The van der Waals surface area contributed by atoms with Crippen LogP contribution in [0.15, 0.2) is 16.8 Å². The minimum absolute atomic E-state index is 0.397. The molecular formula is C11H16N2S. The van der Waals surface area contributed by atoms with Crippen molar-refractivity contribution in [3.05, 3.63) is 22.4 Å². The molecule has 3 atom stereocenters. The van der Waals surface area contributed by atoms with Gasteiger partial charge in [0.25, 0.3) is 0 Å². The van der Waals surface area contributed by atoms with Crippen LogP contribution in [0.3, 0.4) is 0 Å². The fourth-order valence-electron chi connectivity index (χ4n) is 2.99. The molecule has 3 rings (SSSR count). The minimum Gasteiger partial charge on any atom is -0.271 e. The molecule has 2 nitrogen and oxygen atoms in total. The van der Waals surface area contributed by atoms with E-state index in [9.17, 15) is 0 Å². The van der Waals surface area contributed by atoms with E-state index in [4.69, 9.17) is 5.84 Å². The molecule has 3 unspecified atom stereocenters. The lowest BCUT2D eigenvalue weighted by Crippen LogP contribution is -2.32. The molecule has 0 aliphatic heterocycles. The first-order chi connectivity index (χ1) is 6.88. The maximum atomic E-state index is 5.66. The molecular weight excluding hydrogens is 192 g/mol. The van der Waals surface area contributed by atoms with Gasteiger partial charge in [-0.25, -0.2) is 0 Å². The van der Waals surface area contributed by atoms with Crippen LogP contribution in [0.2, 0.25) is 0 Å². The van der Waals surface area contributed by atoms with Gasteiger partial charge in [0, 0.05) is 6.04 Å². The number of rotatable bonds is 3. The third-order valence-corrected chi connectivity index (χ3v) is 4.53. The Morgan fingerprint density at radius 2 is 2.14 bits per heavy atom. The predicted molar refractivity (Wildman–Crippen MR) is 58.7 cm³/mol. The molecule has 3 heteroatoms. The van der Waals surface area contributed by atoms with Gasteiger partial charge in [-0.05, 0) is 59.4 Å². The van der Waals surface area contributed by atoms with Gasteiger partial charge in [0.1, 0.15) is 0 Å². The molecule has 1 aromatic heterocycles. The van der Waals surface area contributed by atoms with Gasteiger partial charge in [-0.15, -0.1) is 0 Å². The van der Waals surface area contributed by atoms with Crippen LogP contribution in [0, 0.1) is 17.8 Å². The van der Waals surface area contributed by atoms with Gasteiger partial charge < -0.3 is 0 Å². The van der Waals surface area contributed by atoms with Crippen molar-refractivity contribution in [1.82, 2.24) is 5.43 Å². The fraction of sp³-hybridized carbons (Fsp3) is 0.636. The van der Waals surface area contributed by atoms with E-state index in [-0.39, 0.29) is 0 Å². The highest BCUT2D eigenvalue weighted by Crippen LogP contribution is 2.57. The van der Waals surface area contributed by atoms with Crippen LogP contribution in [-0.2, 0) is 0 Å². The molecule has 2 fully saturated rings. The van der Waals surface area contributed by atoms with Crippen molar-refractivity contribution in [1.29, 1.82) is 0 Å². The number of hydrogen-bond donors (Lipinski definition) is 2. The first-order valence-corrected chi connectivity index (χ1v) is 6.31. The molecule has 0 spiro atoms. The molecule has 14 heavy (non-hydrogen) atoms. The average Bonchev–Trinajstić information content (AvgIpc) is 2.70. The molecule has 0 saturated heterocycles. The molecule has 2 aliphatic carbocycles. The van der Waals surface area contributed by atoms with E-state index in [2.05, 4.69) is 22.3 Å². The summed E-state index contributed by atoms with van der Waals surface area (Å²) in [4.78, 5) is 0. The van der Waals surface area contributed by atoms with Gasteiger partial charge in [0.2, 0.25) is 0 Å². The quantitative estimate of drug-likeness (QED) is 0.591. The third-order valence-electron chi connectivity index (χ3n) is 3.83. The summed E-state index contributed by atoms with van der Waals surface area (Å²) in [5, 5.41) is 4.35. The molecule has 1 aromatic rings. The van der Waals surface area contributed by atoms with Crippen LogP contribution < -0.4 is 11.3 Å². The zero-order valence-corrected chi connectivity index (χ0v) is 8.96. The summed E-state index contributed by atoms with van der Waals surface area (Å²) < 4.78 is 0. The summed E-state index contributed by atoms with van der Waals surface area (Å²) in [5.41, 5.74) is 4.37. The molecule has 0 radical (unpaired) electrons. The van der Waals surface area contributed by atoms with E-state index in [1.165, 1.54) is 24.8 Å². The number of fused-ring (bicyclic) bond motifs is 1. The van der Waals surface area contributed by atoms with Crippen LogP contribution in [0.5, 0.6) is 0 Å². The lowest BCUT2D eigenvalue weighted by atomic mass is 9.91. The SMILES string of the molecule is NNC(c1ccsc1)C1CC2CC2C1. The summed E-state index contributed by atoms with van der Waals surface area (Å²) >= 11 is 1.76. The van der Waals surface area contributed by atoms with Gasteiger partial charge in [-0.2, -0.15) is 11.3 Å². The molecule has 3 N–H and O–H groups in total. The molecule has 0 amide bonds. The number of thiophene rings is 1. The van der Waals surface area contributed by atoms with Crippen LogP contribution in [0.25, 0.3) is 0 Å². The predicted octanol–water partition coefficient (Wildman–Crippen LogP) is 2.30. The standard InChI is InChI=1S/C11H16N2S/c12-13-11(7-1-2-14-6-7)10-4-8-3-9(8)5-10/h1-2,6,8-11,13H,3-5,12H2. The van der Waals surface area contributed by atoms with Gasteiger partial charge in [0.05, 0.1) is 0 Å². The number of nitrogens with two attached hydrogens (primary N) is 1. The third kappa shape index (κ3) is 1.40. The molecule has 2 saturated carbocycles. The van der Waals surface area contributed by atoms with Gasteiger partial charge in [-0.1, -0.05) is 0 Å². The number of hydrazine groups is 1. The molecule has 0 bridgehead atoms. The average molecular weight is 208 g/mol. The van der Waals surface area contributed by atoms with Crippen LogP contribution >= 0.6 is 11.3 Å². The van der Waals surface area contributed by atoms with Crippen molar-refractivity contribution < 1.29 is 0 Å². The van der Waals surface area contributed by atoms with Crippen molar-refractivity contribution in [3.63, 3.8) is 0 Å². The number of hydrogen-bond acceptors (Lipinski definition) is 3. The fourth-order valence-corrected chi connectivity index (χ4v) is 3.69. The second-order valence-electron chi connectivity index (χ2n) is 4.69. The Kier molecular flexibility index (Phi) is 2.11. The minimum atomic E-state index is 0.397. The van der Waals surface area contributed by atoms with E-state index < -0.39 is 0 Å². The molecule has 1 heterocycles. The first-order valence-electron chi connectivity index (χ1n) is 5.36. The second kappa shape index (κ2) is 3.33. The van der Waals surface area contributed by atoms with Crippen molar-refractivity contribution in [2.45, 2.75) is 25.3 Å². The Bertz CT molecular complexity index is 299. The summed E-state index contributed by atoms with van der Waals surface area (Å²) in [6.07, 6.45) is 4.25. The Hall–Kier alpha value is -0.380. The van der Waals surface area contributed by atoms with Crippen molar-refractivity contribution in [2.24, 2.45) is 23.6 Å². The lowest BCUT2D eigenvalue weighted by molar-refractivity contribution is 0.346. The summed E-state index contributed by atoms with van der Waals surface area (Å²) in [6.45, 7) is 0. The Balaban J connectivity index is 1.74. The van der Waals surface area contributed by atoms with E-state index in [1.54, 1.807) is 11.3 Å². The van der Waals surface area contributed by atoms with Crippen LogP contribution in [-0.4, -0.2) is 0 Å². The zero-order chi connectivity index (χ0) is 9.54. The van der Waals surface area contributed by atoms with E-state index in [1.807, 2.05) is 0 Å². The van der Waals surface area contributed by atoms with Gasteiger partial charge in [-0.3, -0.25) is 11.3 Å². The second-order valence-corrected chi connectivity index (χ2v) is 5.47. The first kappa shape index (κ1) is 8.89. The molecule has 2 aliphatic rings. The lowest BCUT2D eigenvalue weighted by Gasteiger charge is -2.23. The smallest absolute Gasteiger partial charge is 0.0496 e. The number of nitrogens with one attached hydrogen (secondary N) is 1. The Labute approximate surface area is 88.5 Å². The van der Waals surface area contributed by atoms with Crippen LogP contribution in [0.1, 0.15) is 30.9 Å². The maximum Gasteiger partial charge on any atom is 0.0496 e. The summed E-state index contributed by atoms with van der Waals surface area (Å²) in [7, 11) is 0. The Morgan fingerprint density at radius 1 is 1.36 bits per heavy atom. The summed E-state index contributed by atoms with van der Waals surface area (Å²) in [6, 6.07) is 2.59. The van der Waals surface area contributed by atoms with E-state index in [0.29, 0.717) is 6.04 Å². The van der Waals surface area contributed by atoms with E-state index >= 15 is 0 Å². The highest BCUT2D eigenvalue weighted by Gasteiger charge is 2.47. The molecule has 76 valence electrons. The molecule has 0 aromatic carbocycles. The van der Waals surface area contributed by atoms with E-state index in [0.717, 1.165) is 17.8 Å². The largest absolute Gasteiger partial charge is 0.271 e. The van der Waals surface area contributed by atoms with Crippen LogP contribution in [0.4, 0.5) is 0 Å². The normalized spacial score (nSPS) is 36.8. The van der Waals surface area contributed by atoms with Crippen molar-refractivity contribution >= 4 is 11.3 Å². The zero-order valence-electron chi connectivity index (χ0n) is 8.15. The Morgan fingerprint density at radius 3 is 2.71 bits per heavy atom. The highest BCUT2D eigenvalue weighted by atomic mass is 32.1. The van der Waals surface area contributed by atoms with Crippen molar-refractivity contribution in [3.8, 4) is 0 Å².